The molecule has 0 spiro atoms. The highest BCUT2D eigenvalue weighted by Crippen LogP contribution is 2.22. The fourth-order valence-electron chi connectivity index (χ4n) is 1.92. The van der Waals surface area contributed by atoms with E-state index >= 15 is 0 Å². The molecule has 1 nitrogen and oxygen atoms in total. The van der Waals surface area contributed by atoms with Crippen molar-refractivity contribution in [1.82, 2.24) is 0 Å². The molecule has 0 fully saturated rings. The van der Waals surface area contributed by atoms with Gasteiger partial charge in [0.25, 0.3) is 0 Å². The third-order valence-corrected chi connectivity index (χ3v) is 3.44. The minimum atomic E-state index is -0.265. The van der Waals surface area contributed by atoms with E-state index in [9.17, 15) is 4.39 Å². The highest BCUT2D eigenvalue weighted by molar-refractivity contribution is 9.10. The summed E-state index contributed by atoms with van der Waals surface area (Å²) in [6.07, 6.45) is 1.60. The highest BCUT2D eigenvalue weighted by atomic mass is 79.9. The lowest BCUT2D eigenvalue weighted by Crippen LogP contribution is -2.13. The third-order valence-electron chi connectivity index (χ3n) is 2.95. The zero-order valence-electron chi connectivity index (χ0n) is 9.94. The first-order chi connectivity index (χ1) is 8.66. The molecule has 94 valence electrons. The monoisotopic (exact) mass is 307 g/mol. The zero-order chi connectivity index (χ0) is 13.0. The van der Waals surface area contributed by atoms with Crippen molar-refractivity contribution in [2.45, 2.75) is 18.9 Å². The van der Waals surface area contributed by atoms with Gasteiger partial charge in [-0.1, -0.05) is 52.3 Å². The molecule has 0 amide bonds. The van der Waals surface area contributed by atoms with E-state index in [-0.39, 0.29) is 11.9 Å². The lowest BCUT2D eigenvalue weighted by atomic mass is 9.99. The van der Waals surface area contributed by atoms with Crippen molar-refractivity contribution in [3.63, 3.8) is 0 Å². The van der Waals surface area contributed by atoms with Gasteiger partial charge < -0.3 is 5.73 Å². The van der Waals surface area contributed by atoms with E-state index in [1.54, 1.807) is 6.07 Å². The van der Waals surface area contributed by atoms with Crippen molar-refractivity contribution in [3.8, 4) is 0 Å². The smallest absolute Gasteiger partial charge is 0.129 e. The Labute approximate surface area is 115 Å². The molecule has 0 bridgehead atoms. The van der Waals surface area contributed by atoms with Gasteiger partial charge in [0.15, 0.2) is 0 Å². The molecule has 0 saturated heterocycles. The van der Waals surface area contributed by atoms with Crippen LogP contribution in [0.3, 0.4) is 0 Å². The van der Waals surface area contributed by atoms with Crippen LogP contribution in [0, 0.1) is 5.82 Å². The van der Waals surface area contributed by atoms with Gasteiger partial charge in [0.2, 0.25) is 0 Å². The molecule has 2 rings (SSSR count). The summed E-state index contributed by atoms with van der Waals surface area (Å²) in [5.41, 5.74) is 7.84. The van der Waals surface area contributed by atoms with Crippen LogP contribution in [-0.2, 0) is 6.42 Å². The highest BCUT2D eigenvalue weighted by Gasteiger charge is 2.11. The van der Waals surface area contributed by atoms with Crippen LogP contribution in [0.25, 0.3) is 0 Å². The van der Waals surface area contributed by atoms with Gasteiger partial charge in [0, 0.05) is 16.1 Å². The molecule has 0 saturated carbocycles. The molecule has 2 aromatic rings. The van der Waals surface area contributed by atoms with Gasteiger partial charge in [-0.2, -0.15) is 0 Å². The number of hydrogen-bond donors (Lipinski definition) is 1. The SMILES string of the molecule is NC(CCc1ccccc1)c1ccc(Br)cc1F. The zero-order valence-corrected chi connectivity index (χ0v) is 11.5. The van der Waals surface area contributed by atoms with E-state index in [0.29, 0.717) is 5.56 Å². The Bertz CT molecular complexity index is 513. The van der Waals surface area contributed by atoms with Crippen molar-refractivity contribution >= 4 is 15.9 Å². The van der Waals surface area contributed by atoms with Gasteiger partial charge in [-0.05, 0) is 30.5 Å². The molecule has 0 aliphatic carbocycles. The van der Waals surface area contributed by atoms with Crippen molar-refractivity contribution in [1.29, 1.82) is 0 Å². The average molecular weight is 308 g/mol. The second-order valence-electron chi connectivity index (χ2n) is 4.30. The van der Waals surface area contributed by atoms with Crippen LogP contribution >= 0.6 is 15.9 Å². The van der Waals surface area contributed by atoms with Crippen molar-refractivity contribution in [2.24, 2.45) is 5.73 Å². The fraction of sp³-hybridized carbons (Fsp3) is 0.200. The summed E-state index contributed by atoms with van der Waals surface area (Å²) in [7, 11) is 0. The average Bonchev–Trinajstić information content (AvgIpc) is 2.37. The van der Waals surface area contributed by atoms with Gasteiger partial charge in [0.1, 0.15) is 5.82 Å². The Balaban J connectivity index is 2.01. The molecule has 3 heteroatoms. The van der Waals surface area contributed by atoms with E-state index in [4.69, 9.17) is 5.73 Å². The Morgan fingerprint density at radius 2 is 1.83 bits per heavy atom. The van der Waals surface area contributed by atoms with Gasteiger partial charge in [-0.25, -0.2) is 4.39 Å². The van der Waals surface area contributed by atoms with Crippen LogP contribution in [0.2, 0.25) is 0 Å². The molecular formula is C15H15BrFN. The van der Waals surface area contributed by atoms with Crippen LogP contribution in [-0.4, -0.2) is 0 Å². The van der Waals surface area contributed by atoms with E-state index in [0.717, 1.165) is 17.3 Å². The lowest BCUT2D eigenvalue weighted by Gasteiger charge is -2.13. The summed E-state index contributed by atoms with van der Waals surface area (Å²) in [4.78, 5) is 0. The van der Waals surface area contributed by atoms with Gasteiger partial charge >= 0.3 is 0 Å². The van der Waals surface area contributed by atoms with Gasteiger partial charge in [0.05, 0.1) is 0 Å². The molecule has 0 radical (unpaired) electrons. The molecule has 1 unspecified atom stereocenters. The van der Waals surface area contributed by atoms with Crippen LogP contribution < -0.4 is 5.73 Å². The molecule has 2 N–H and O–H groups in total. The third kappa shape index (κ3) is 3.40. The second-order valence-corrected chi connectivity index (χ2v) is 5.21. The van der Waals surface area contributed by atoms with Crippen LogP contribution in [0.15, 0.2) is 53.0 Å². The topological polar surface area (TPSA) is 26.0 Å². The second kappa shape index (κ2) is 6.12. The maximum atomic E-state index is 13.7. The van der Waals surface area contributed by atoms with Crippen LogP contribution in [0.5, 0.6) is 0 Å². The molecule has 2 aromatic carbocycles. The summed E-state index contributed by atoms with van der Waals surface area (Å²) in [6.45, 7) is 0. The number of benzene rings is 2. The number of halogens is 2. The van der Waals surface area contributed by atoms with E-state index in [2.05, 4.69) is 28.1 Å². The van der Waals surface area contributed by atoms with E-state index in [1.807, 2.05) is 24.3 Å². The van der Waals surface area contributed by atoms with Crippen molar-refractivity contribution < 1.29 is 4.39 Å². The molecule has 0 aromatic heterocycles. The number of aryl methyl sites for hydroxylation is 1. The Morgan fingerprint density at radius 3 is 2.50 bits per heavy atom. The minimum Gasteiger partial charge on any atom is -0.324 e. The Morgan fingerprint density at radius 1 is 1.11 bits per heavy atom. The predicted octanol–water partition coefficient (Wildman–Crippen LogP) is 4.22. The van der Waals surface area contributed by atoms with E-state index < -0.39 is 0 Å². The van der Waals surface area contributed by atoms with Crippen LogP contribution in [0.1, 0.15) is 23.6 Å². The summed E-state index contributed by atoms with van der Waals surface area (Å²) in [5, 5.41) is 0. The predicted molar refractivity (Wildman–Crippen MR) is 75.8 cm³/mol. The fourth-order valence-corrected chi connectivity index (χ4v) is 2.26. The summed E-state index contributed by atoms with van der Waals surface area (Å²) < 4.78 is 14.5. The molecule has 1 atom stereocenters. The molecule has 18 heavy (non-hydrogen) atoms. The summed E-state index contributed by atoms with van der Waals surface area (Å²) >= 11 is 3.24. The first-order valence-corrected chi connectivity index (χ1v) is 6.70. The molecule has 0 aliphatic rings. The quantitative estimate of drug-likeness (QED) is 0.899. The summed E-state index contributed by atoms with van der Waals surface area (Å²) in [5.74, 6) is -0.245. The number of nitrogens with two attached hydrogens (primary N) is 1. The van der Waals surface area contributed by atoms with Gasteiger partial charge in [-0.3, -0.25) is 0 Å². The van der Waals surface area contributed by atoms with Crippen molar-refractivity contribution in [3.05, 3.63) is 69.9 Å². The number of hydrogen-bond acceptors (Lipinski definition) is 1. The standard InChI is InChI=1S/C15H15BrFN/c16-12-7-8-13(14(17)10-12)15(18)9-6-11-4-2-1-3-5-11/h1-5,7-8,10,15H,6,9,18H2. The molecule has 0 heterocycles. The minimum absolute atomic E-state index is 0.245. The Hall–Kier alpha value is -1.19. The summed E-state index contributed by atoms with van der Waals surface area (Å²) in [6, 6.07) is 14.9. The maximum absolute atomic E-state index is 13.7. The normalized spacial score (nSPS) is 12.4. The number of rotatable bonds is 4. The molecular weight excluding hydrogens is 293 g/mol. The maximum Gasteiger partial charge on any atom is 0.129 e. The van der Waals surface area contributed by atoms with E-state index in [1.165, 1.54) is 11.6 Å². The first kappa shape index (κ1) is 13.2. The van der Waals surface area contributed by atoms with Crippen molar-refractivity contribution in [2.75, 3.05) is 0 Å². The lowest BCUT2D eigenvalue weighted by molar-refractivity contribution is 0.563. The molecule has 0 aliphatic heterocycles. The first-order valence-electron chi connectivity index (χ1n) is 5.91. The largest absolute Gasteiger partial charge is 0.324 e. The van der Waals surface area contributed by atoms with Gasteiger partial charge in [-0.15, -0.1) is 0 Å². The van der Waals surface area contributed by atoms with Crippen LogP contribution in [0.4, 0.5) is 4.39 Å². The Kier molecular flexibility index (Phi) is 4.50.